The molecule has 0 aliphatic heterocycles. The Morgan fingerprint density at radius 2 is 1.72 bits per heavy atom. The number of benzene rings is 2. The molecule has 2 aliphatic rings. The van der Waals surface area contributed by atoms with Gasteiger partial charge in [0.1, 0.15) is 11.5 Å². The minimum Gasteiger partial charge on any atom is -0.344 e. The number of aromatic nitrogens is 2. The van der Waals surface area contributed by atoms with Crippen molar-refractivity contribution < 1.29 is 4.79 Å². The molecule has 0 bridgehead atoms. The first kappa shape index (κ1) is 17.9. The zero-order valence-electron chi connectivity index (χ0n) is 16.1. The molecule has 146 valence electrons. The van der Waals surface area contributed by atoms with E-state index in [0.717, 1.165) is 29.9 Å². The third kappa shape index (κ3) is 3.99. The molecule has 0 unspecified atom stereocenters. The molecule has 1 amide bonds. The van der Waals surface area contributed by atoms with Crippen molar-refractivity contribution in [2.45, 2.75) is 37.6 Å². The average Bonchev–Trinajstić information content (AvgIpc) is 3.65. The van der Waals surface area contributed by atoms with Crippen LogP contribution >= 0.6 is 0 Å². The second kappa shape index (κ2) is 7.32. The van der Waals surface area contributed by atoms with E-state index in [1.165, 1.54) is 24.5 Å². The Kier molecular flexibility index (Phi) is 4.51. The maximum absolute atomic E-state index is 13.0. The summed E-state index contributed by atoms with van der Waals surface area (Å²) in [4.78, 5) is 32.2. The third-order valence-corrected chi connectivity index (χ3v) is 5.75. The number of H-pyrrole nitrogens is 1. The Balaban J connectivity index is 1.39. The van der Waals surface area contributed by atoms with E-state index in [1.54, 1.807) is 0 Å². The predicted octanol–water partition coefficient (Wildman–Crippen LogP) is 4.20. The van der Waals surface area contributed by atoms with E-state index in [-0.39, 0.29) is 23.2 Å². The summed E-state index contributed by atoms with van der Waals surface area (Å²) in [6.45, 7) is 0. The number of carbonyl (C=O) groups is 1. The Morgan fingerprint density at radius 1 is 1.00 bits per heavy atom. The first-order chi connectivity index (χ1) is 14.2. The monoisotopic (exact) mass is 385 g/mol. The molecule has 5 nitrogen and oxygen atoms in total. The average molecular weight is 385 g/mol. The van der Waals surface area contributed by atoms with Gasteiger partial charge in [-0.1, -0.05) is 54.6 Å². The van der Waals surface area contributed by atoms with Crippen LogP contribution in [0.3, 0.4) is 0 Å². The van der Waals surface area contributed by atoms with Gasteiger partial charge in [-0.05, 0) is 48.6 Å². The van der Waals surface area contributed by atoms with E-state index in [9.17, 15) is 9.59 Å². The zero-order chi connectivity index (χ0) is 19.8. The maximum atomic E-state index is 13.0. The predicted molar refractivity (Wildman–Crippen MR) is 112 cm³/mol. The van der Waals surface area contributed by atoms with Gasteiger partial charge in [-0.15, -0.1) is 0 Å². The van der Waals surface area contributed by atoms with Gasteiger partial charge in [-0.3, -0.25) is 9.59 Å². The smallest absolute Gasteiger partial charge is 0.270 e. The highest BCUT2D eigenvalue weighted by atomic mass is 16.2. The van der Waals surface area contributed by atoms with Crippen molar-refractivity contribution in [2.75, 3.05) is 0 Å². The van der Waals surface area contributed by atoms with E-state index in [2.05, 4.69) is 39.6 Å². The van der Waals surface area contributed by atoms with Crippen LogP contribution in [0.5, 0.6) is 0 Å². The van der Waals surface area contributed by atoms with Gasteiger partial charge >= 0.3 is 0 Å². The van der Waals surface area contributed by atoms with E-state index >= 15 is 0 Å². The number of rotatable bonds is 6. The molecule has 1 atom stereocenters. The fourth-order valence-corrected chi connectivity index (χ4v) is 3.82. The van der Waals surface area contributed by atoms with E-state index < -0.39 is 0 Å². The first-order valence-corrected chi connectivity index (χ1v) is 10.2. The van der Waals surface area contributed by atoms with Crippen LogP contribution in [0, 0.1) is 5.92 Å². The number of hydrogen-bond donors (Lipinski definition) is 2. The molecule has 2 saturated carbocycles. The minimum absolute atomic E-state index is 0.0444. The lowest BCUT2D eigenvalue weighted by molar-refractivity contribution is 0.0926. The topological polar surface area (TPSA) is 74.8 Å². The van der Waals surface area contributed by atoms with Gasteiger partial charge in [0.05, 0.1) is 6.04 Å². The molecule has 5 rings (SSSR count). The van der Waals surface area contributed by atoms with Crippen LogP contribution in [0.1, 0.15) is 59.3 Å². The number of aromatic amines is 1. The second-order valence-electron chi connectivity index (χ2n) is 8.07. The highest BCUT2D eigenvalue weighted by Gasteiger charge is 2.34. The van der Waals surface area contributed by atoms with Crippen LogP contribution in [0.4, 0.5) is 0 Å². The number of amides is 1. The fourth-order valence-electron chi connectivity index (χ4n) is 3.82. The molecule has 0 radical (unpaired) electrons. The maximum Gasteiger partial charge on any atom is 0.270 e. The number of carbonyl (C=O) groups excluding carboxylic acids is 1. The fraction of sp³-hybridized carbons (Fsp3) is 0.292. The highest BCUT2D eigenvalue weighted by Crippen LogP contribution is 2.43. The van der Waals surface area contributed by atoms with Crippen molar-refractivity contribution in [3.63, 3.8) is 0 Å². The van der Waals surface area contributed by atoms with Crippen molar-refractivity contribution in [1.29, 1.82) is 0 Å². The van der Waals surface area contributed by atoms with Gasteiger partial charge in [0, 0.05) is 11.6 Å². The summed E-state index contributed by atoms with van der Waals surface area (Å²) in [5.41, 5.74) is 3.10. The van der Waals surface area contributed by atoms with Crippen molar-refractivity contribution in [2.24, 2.45) is 5.92 Å². The lowest BCUT2D eigenvalue weighted by atomic mass is 9.99. The highest BCUT2D eigenvalue weighted by molar-refractivity contribution is 5.92. The normalized spacial score (nSPS) is 17.0. The molecule has 2 N–H and O–H groups in total. The van der Waals surface area contributed by atoms with E-state index in [1.807, 2.05) is 30.3 Å². The Bertz CT molecular complexity index is 1080. The van der Waals surface area contributed by atoms with E-state index in [0.29, 0.717) is 11.7 Å². The van der Waals surface area contributed by atoms with Gasteiger partial charge in [-0.2, -0.15) is 0 Å². The molecule has 0 saturated heterocycles. The van der Waals surface area contributed by atoms with Gasteiger partial charge in [0.2, 0.25) is 0 Å². The van der Waals surface area contributed by atoms with Crippen molar-refractivity contribution in [1.82, 2.24) is 15.3 Å². The molecule has 29 heavy (non-hydrogen) atoms. The Labute approximate surface area is 169 Å². The van der Waals surface area contributed by atoms with Crippen LogP contribution < -0.4 is 10.9 Å². The summed E-state index contributed by atoms with van der Waals surface area (Å²) < 4.78 is 0. The summed E-state index contributed by atoms with van der Waals surface area (Å²) in [5, 5.41) is 3.13. The quantitative estimate of drug-likeness (QED) is 0.668. The molecule has 2 aliphatic carbocycles. The van der Waals surface area contributed by atoms with Crippen LogP contribution in [0.15, 0.2) is 65.5 Å². The summed E-state index contributed by atoms with van der Waals surface area (Å²) in [5.74, 6) is 1.26. The molecule has 5 heteroatoms. The molecular weight excluding hydrogens is 362 g/mol. The van der Waals surface area contributed by atoms with Gasteiger partial charge < -0.3 is 10.3 Å². The van der Waals surface area contributed by atoms with E-state index in [4.69, 9.17) is 0 Å². The van der Waals surface area contributed by atoms with Crippen LogP contribution in [0.2, 0.25) is 0 Å². The molecule has 2 aromatic carbocycles. The number of nitrogens with one attached hydrogen (secondary N) is 2. The molecule has 1 heterocycles. The van der Waals surface area contributed by atoms with Crippen LogP contribution in [-0.4, -0.2) is 15.9 Å². The van der Waals surface area contributed by atoms with Crippen molar-refractivity contribution in [3.8, 4) is 11.4 Å². The molecular formula is C24H23N3O2. The van der Waals surface area contributed by atoms with Gasteiger partial charge in [-0.25, -0.2) is 4.98 Å². The third-order valence-electron chi connectivity index (χ3n) is 5.75. The zero-order valence-corrected chi connectivity index (χ0v) is 16.1. The van der Waals surface area contributed by atoms with Crippen LogP contribution in [0.25, 0.3) is 11.4 Å². The summed E-state index contributed by atoms with van der Waals surface area (Å²) in [7, 11) is 0. The molecule has 1 aromatic heterocycles. The van der Waals surface area contributed by atoms with Crippen molar-refractivity contribution >= 4 is 5.91 Å². The SMILES string of the molecule is O=C(N[C@@H](c1ccc(C2CC2)cc1)C1CC1)c1cc(=O)[nH]c(-c2ccccc2)n1. The minimum atomic E-state index is -0.333. The largest absolute Gasteiger partial charge is 0.344 e. The number of hydrogen-bond acceptors (Lipinski definition) is 3. The first-order valence-electron chi connectivity index (χ1n) is 10.2. The Morgan fingerprint density at radius 3 is 2.38 bits per heavy atom. The standard InChI is InChI=1S/C24H23N3O2/c28-21-14-20(25-23(26-21)19-4-2-1-3-5-19)24(29)27-22(18-12-13-18)17-10-8-16(9-11-17)15-6-7-15/h1-5,8-11,14-15,18,22H,6-7,12-13H2,(H,27,29)(H,25,26,28)/t22-/m0/s1. The molecule has 3 aromatic rings. The molecule has 2 fully saturated rings. The van der Waals surface area contributed by atoms with Gasteiger partial charge in [0.15, 0.2) is 0 Å². The van der Waals surface area contributed by atoms with Crippen LogP contribution in [-0.2, 0) is 0 Å². The van der Waals surface area contributed by atoms with Crippen molar-refractivity contribution in [3.05, 3.63) is 87.8 Å². The van der Waals surface area contributed by atoms with Gasteiger partial charge in [0.25, 0.3) is 11.5 Å². The lowest BCUT2D eigenvalue weighted by Crippen LogP contribution is -2.31. The summed E-state index contributed by atoms with van der Waals surface area (Å²) >= 11 is 0. The second-order valence-corrected chi connectivity index (χ2v) is 8.07. The lowest BCUT2D eigenvalue weighted by Gasteiger charge is -2.19. The number of nitrogens with zero attached hydrogens (tertiary/aromatic N) is 1. The molecule has 0 spiro atoms. The Hall–Kier alpha value is -3.21. The summed E-state index contributed by atoms with van der Waals surface area (Å²) in [6, 6.07) is 19.2. The summed E-state index contributed by atoms with van der Waals surface area (Å²) in [6.07, 6.45) is 4.76.